The minimum atomic E-state index is -0.824. The SMILES string of the molecule is O=C(O)[C@H](c1ccccc1Cl)N1CCCC1. The Hall–Kier alpha value is -1.06. The molecule has 1 atom stereocenters. The second-order valence-corrected chi connectivity index (χ2v) is 4.41. The fourth-order valence-corrected chi connectivity index (χ4v) is 2.42. The summed E-state index contributed by atoms with van der Waals surface area (Å²) in [5, 5.41) is 9.84. The molecule has 1 aromatic carbocycles. The summed E-state index contributed by atoms with van der Waals surface area (Å²) in [6.07, 6.45) is 2.13. The molecule has 1 saturated heterocycles. The summed E-state index contributed by atoms with van der Waals surface area (Å²) in [7, 11) is 0. The van der Waals surface area contributed by atoms with E-state index in [1.54, 1.807) is 12.1 Å². The second-order valence-electron chi connectivity index (χ2n) is 4.01. The largest absolute Gasteiger partial charge is 0.480 e. The van der Waals surface area contributed by atoms with Crippen molar-refractivity contribution >= 4 is 17.6 Å². The molecule has 0 radical (unpaired) electrons. The Morgan fingerprint density at radius 1 is 1.31 bits per heavy atom. The van der Waals surface area contributed by atoms with E-state index in [0.717, 1.165) is 25.9 Å². The van der Waals surface area contributed by atoms with Crippen LogP contribution in [-0.2, 0) is 4.79 Å². The van der Waals surface area contributed by atoms with E-state index < -0.39 is 12.0 Å². The van der Waals surface area contributed by atoms with Crippen LogP contribution in [0.15, 0.2) is 24.3 Å². The van der Waals surface area contributed by atoms with Gasteiger partial charge in [-0.15, -0.1) is 0 Å². The molecule has 86 valence electrons. The van der Waals surface area contributed by atoms with Crippen LogP contribution in [0.4, 0.5) is 0 Å². The number of rotatable bonds is 3. The summed E-state index contributed by atoms with van der Waals surface area (Å²) < 4.78 is 0. The van der Waals surface area contributed by atoms with E-state index in [4.69, 9.17) is 11.6 Å². The van der Waals surface area contributed by atoms with Crippen molar-refractivity contribution in [3.05, 3.63) is 34.9 Å². The van der Waals surface area contributed by atoms with Crippen molar-refractivity contribution in [3.8, 4) is 0 Å². The standard InChI is InChI=1S/C12H14ClNO2/c13-10-6-2-1-5-9(10)11(12(15)16)14-7-3-4-8-14/h1-2,5-6,11H,3-4,7-8H2,(H,15,16)/t11-/m0/s1. The molecular formula is C12H14ClNO2. The molecule has 0 aromatic heterocycles. The summed E-state index contributed by atoms with van der Waals surface area (Å²) in [5.41, 5.74) is 0.693. The van der Waals surface area contributed by atoms with Gasteiger partial charge in [-0.3, -0.25) is 9.69 Å². The van der Waals surface area contributed by atoms with Crippen LogP contribution in [-0.4, -0.2) is 29.1 Å². The van der Waals surface area contributed by atoms with Gasteiger partial charge in [0.05, 0.1) is 0 Å². The first kappa shape index (κ1) is 11.4. The average molecular weight is 240 g/mol. The molecule has 1 N–H and O–H groups in total. The summed E-state index contributed by atoms with van der Waals surface area (Å²) in [4.78, 5) is 13.3. The molecule has 0 unspecified atom stereocenters. The van der Waals surface area contributed by atoms with Crippen molar-refractivity contribution in [2.45, 2.75) is 18.9 Å². The van der Waals surface area contributed by atoms with E-state index in [9.17, 15) is 9.90 Å². The number of carbonyl (C=O) groups is 1. The van der Waals surface area contributed by atoms with E-state index in [-0.39, 0.29) is 0 Å². The van der Waals surface area contributed by atoms with Gasteiger partial charge in [0.25, 0.3) is 0 Å². The minimum Gasteiger partial charge on any atom is -0.480 e. The molecule has 0 bridgehead atoms. The van der Waals surface area contributed by atoms with Crippen LogP contribution in [0.5, 0.6) is 0 Å². The normalized spacial score (nSPS) is 18.6. The maximum atomic E-state index is 11.3. The minimum absolute atomic E-state index is 0.529. The Balaban J connectivity index is 2.32. The number of likely N-dealkylation sites (tertiary alicyclic amines) is 1. The number of hydrogen-bond acceptors (Lipinski definition) is 2. The number of benzene rings is 1. The van der Waals surface area contributed by atoms with Gasteiger partial charge >= 0.3 is 5.97 Å². The van der Waals surface area contributed by atoms with Crippen LogP contribution in [0.25, 0.3) is 0 Å². The van der Waals surface area contributed by atoms with Crippen LogP contribution in [0.3, 0.4) is 0 Å². The highest BCUT2D eigenvalue weighted by Gasteiger charge is 2.30. The van der Waals surface area contributed by atoms with Crippen molar-refractivity contribution in [2.75, 3.05) is 13.1 Å². The van der Waals surface area contributed by atoms with Gasteiger partial charge in [-0.05, 0) is 37.6 Å². The van der Waals surface area contributed by atoms with Crippen molar-refractivity contribution < 1.29 is 9.90 Å². The Labute approximate surface area is 99.6 Å². The zero-order chi connectivity index (χ0) is 11.5. The lowest BCUT2D eigenvalue weighted by atomic mass is 10.1. The van der Waals surface area contributed by atoms with Crippen molar-refractivity contribution in [1.82, 2.24) is 4.90 Å². The zero-order valence-corrected chi connectivity index (χ0v) is 9.65. The van der Waals surface area contributed by atoms with Gasteiger partial charge in [-0.1, -0.05) is 29.8 Å². The predicted molar refractivity (Wildman–Crippen MR) is 62.6 cm³/mol. The Morgan fingerprint density at radius 2 is 1.94 bits per heavy atom. The number of carboxylic acid groups (broad SMARTS) is 1. The van der Waals surface area contributed by atoms with Gasteiger partial charge in [-0.25, -0.2) is 0 Å². The fraction of sp³-hybridized carbons (Fsp3) is 0.417. The quantitative estimate of drug-likeness (QED) is 0.881. The number of nitrogens with zero attached hydrogens (tertiary/aromatic N) is 1. The number of halogens is 1. The summed E-state index contributed by atoms with van der Waals surface area (Å²) in [5.74, 6) is -0.824. The first-order chi connectivity index (χ1) is 7.70. The third-order valence-electron chi connectivity index (χ3n) is 2.94. The van der Waals surface area contributed by atoms with E-state index >= 15 is 0 Å². The van der Waals surface area contributed by atoms with Crippen molar-refractivity contribution in [2.24, 2.45) is 0 Å². The molecule has 2 rings (SSSR count). The molecule has 0 saturated carbocycles. The van der Waals surface area contributed by atoms with Gasteiger partial charge in [0.1, 0.15) is 6.04 Å². The number of carboxylic acids is 1. The summed E-state index contributed by atoms with van der Waals surface area (Å²) >= 11 is 6.05. The molecule has 0 amide bonds. The molecule has 16 heavy (non-hydrogen) atoms. The zero-order valence-electron chi connectivity index (χ0n) is 8.90. The topological polar surface area (TPSA) is 40.5 Å². The van der Waals surface area contributed by atoms with E-state index in [2.05, 4.69) is 0 Å². The smallest absolute Gasteiger partial charge is 0.325 e. The van der Waals surface area contributed by atoms with Gasteiger partial charge in [0.15, 0.2) is 0 Å². The van der Waals surface area contributed by atoms with Crippen LogP contribution in [0, 0.1) is 0 Å². The third kappa shape index (κ3) is 2.20. The van der Waals surface area contributed by atoms with Crippen LogP contribution in [0.2, 0.25) is 5.02 Å². The van der Waals surface area contributed by atoms with Crippen molar-refractivity contribution in [3.63, 3.8) is 0 Å². The van der Waals surface area contributed by atoms with Gasteiger partial charge < -0.3 is 5.11 Å². The summed E-state index contributed by atoms with van der Waals surface area (Å²) in [6, 6.07) is 6.57. The highest BCUT2D eigenvalue weighted by molar-refractivity contribution is 6.31. The van der Waals surface area contributed by atoms with Crippen molar-refractivity contribution in [1.29, 1.82) is 0 Å². The molecule has 1 fully saturated rings. The lowest BCUT2D eigenvalue weighted by Gasteiger charge is -2.24. The lowest BCUT2D eigenvalue weighted by Crippen LogP contribution is -2.31. The van der Waals surface area contributed by atoms with Crippen LogP contribution in [0.1, 0.15) is 24.4 Å². The van der Waals surface area contributed by atoms with E-state index in [1.807, 2.05) is 17.0 Å². The summed E-state index contributed by atoms with van der Waals surface area (Å²) in [6.45, 7) is 1.67. The monoisotopic (exact) mass is 239 g/mol. The molecular weight excluding hydrogens is 226 g/mol. The molecule has 1 heterocycles. The van der Waals surface area contributed by atoms with E-state index in [1.165, 1.54) is 0 Å². The average Bonchev–Trinajstić information content (AvgIpc) is 2.74. The number of aliphatic carboxylic acids is 1. The third-order valence-corrected chi connectivity index (χ3v) is 3.28. The Bertz CT molecular complexity index is 388. The van der Waals surface area contributed by atoms with Crippen LogP contribution >= 0.6 is 11.6 Å². The highest BCUT2D eigenvalue weighted by atomic mass is 35.5. The highest BCUT2D eigenvalue weighted by Crippen LogP contribution is 2.30. The molecule has 1 aromatic rings. The van der Waals surface area contributed by atoms with Gasteiger partial charge in [0.2, 0.25) is 0 Å². The number of hydrogen-bond donors (Lipinski definition) is 1. The Morgan fingerprint density at radius 3 is 2.50 bits per heavy atom. The lowest BCUT2D eigenvalue weighted by molar-refractivity contribution is -0.143. The maximum absolute atomic E-state index is 11.3. The first-order valence-corrected chi connectivity index (χ1v) is 5.79. The molecule has 0 aliphatic carbocycles. The molecule has 1 aliphatic heterocycles. The van der Waals surface area contributed by atoms with Gasteiger partial charge in [0, 0.05) is 5.02 Å². The fourth-order valence-electron chi connectivity index (χ4n) is 2.18. The van der Waals surface area contributed by atoms with Gasteiger partial charge in [-0.2, -0.15) is 0 Å². The molecule has 0 spiro atoms. The molecule has 3 nitrogen and oxygen atoms in total. The Kier molecular flexibility index (Phi) is 3.46. The van der Waals surface area contributed by atoms with E-state index in [0.29, 0.717) is 10.6 Å². The predicted octanol–water partition coefficient (Wildman–Crippen LogP) is 2.56. The van der Waals surface area contributed by atoms with Crippen LogP contribution < -0.4 is 0 Å². The first-order valence-electron chi connectivity index (χ1n) is 5.41. The molecule has 4 heteroatoms. The molecule has 1 aliphatic rings. The second kappa shape index (κ2) is 4.85. The maximum Gasteiger partial charge on any atom is 0.325 e.